The second kappa shape index (κ2) is 6.99. The molecule has 1 aromatic rings. The highest BCUT2D eigenvalue weighted by Crippen LogP contribution is 2.15. The molecule has 0 spiro atoms. The second-order valence-electron chi connectivity index (χ2n) is 4.01. The molecule has 0 saturated heterocycles. The van der Waals surface area contributed by atoms with Crippen LogP contribution in [0.1, 0.15) is 13.3 Å². The van der Waals surface area contributed by atoms with Crippen LogP contribution in [0.3, 0.4) is 0 Å². The third-order valence-corrected chi connectivity index (χ3v) is 2.96. The lowest BCUT2D eigenvalue weighted by atomic mass is 10.2. The topological polar surface area (TPSA) is 66.8 Å². The summed E-state index contributed by atoms with van der Waals surface area (Å²) in [5.74, 6) is -0.899. The van der Waals surface area contributed by atoms with E-state index in [2.05, 4.69) is 0 Å². The Balaban J connectivity index is 2.55. The van der Waals surface area contributed by atoms with Crippen molar-refractivity contribution in [2.24, 2.45) is 0 Å². The van der Waals surface area contributed by atoms with Crippen molar-refractivity contribution in [1.82, 2.24) is 4.90 Å². The molecule has 0 aliphatic carbocycles. The SMILES string of the molecule is CCC(C(=O)O)N(C)C(=O)COc1ccc(Cl)cc1. The van der Waals surface area contributed by atoms with Gasteiger partial charge >= 0.3 is 5.97 Å². The fourth-order valence-electron chi connectivity index (χ4n) is 1.57. The standard InChI is InChI=1S/C13H16ClNO4/c1-3-11(13(17)18)15(2)12(16)8-19-10-6-4-9(14)5-7-10/h4-7,11H,3,8H2,1-2H3,(H,17,18). The molecule has 0 aliphatic heterocycles. The molecule has 0 radical (unpaired) electrons. The van der Waals surface area contributed by atoms with Gasteiger partial charge in [-0.1, -0.05) is 18.5 Å². The van der Waals surface area contributed by atoms with E-state index in [1.165, 1.54) is 11.9 Å². The summed E-state index contributed by atoms with van der Waals surface area (Å²) in [6, 6.07) is 5.75. The van der Waals surface area contributed by atoms with Crippen LogP contribution in [0.25, 0.3) is 0 Å². The first-order chi connectivity index (χ1) is 8.95. The van der Waals surface area contributed by atoms with Crippen molar-refractivity contribution < 1.29 is 19.4 Å². The molecular weight excluding hydrogens is 270 g/mol. The van der Waals surface area contributed by atoms with Crippen molar-refractivity contribution >= 4 is 23.5 Å². The number of carboxylic acids is 1. The maximum Gasteiger partial charge on any atom is 0.326 e. The molecule has 0 saturated carbocycles. The van der Waals surface area contributed by atoms with Crippen LogP contribution >= 0.6 is 11.6 Å². The summed E-state index contributed by atoms with van der Waals surface area (Å²) in [5, 5.41) is 9.54. The molecule has 0 aliphatic rings. The van der Waals surface area contributed by atoms with Crippen molar-refractivity contribution in [3.05, 3.63) is 29.3 Å². The van der Waals surface area contributed by atoms with Crippen LogP contribution in [0.5, 0.6) is 5.75 Å². The zero-order valence-corrected chi connectivity index (χ0v) is 11.6. The van der Waals surface area contributed by atoms with Crippen LogP contribution in [0.2, 0.25) is 5.02 Å². The van der Waals surface area contributed by atoms with E-state index in [0.717, 1.165) is 0 Å². The molecular formula is C13H16ClNO4. The number of nitrogens with zero attached hydrogens (tertiary/aromatic N) is 1. The van der Waals surface area contributed by atoms with E-state index in [-0.39, 0.29) is 12.5 Å². The first-order valence-corrected chi connectivity index (χ1v) is 6.20. The highest BCUT2D eigenvalue weighted by atomic mass is 35.5. The number of aliphatic carboxylic acids is 1. The Kier molecular flexibility index (Phi) is 5.63. The normalized spacial score (nSPS) is 11.7. The number of carboxylic acid groups (broad SMARTS) is 1. The molecule has 1 unspecified atom stereocenters. The van der Waals surface area contributed by atoms with Crippen LogP contribution in [0.15, 0.2) is 24.3 Å². The van der Waals surface area contributed by atoms with E-state index in [4.69, 9.17) is 21.4 Å². The van der Waals surface area contributed by atoms with Crippen molar-refractivity contribution in [3.63, 3.8) is 0 Å². The molecule has 0 aromatic heterocycles. The number of hydrogen-bond donors (Lipinski definition) is 1. The number of carbonyl (C=O) groups is 2. The van der Waals surface area contributed by atoms with Gasteiger partial charge in [0, 0.05) is 12.1 Å². The number of benzene rings is 1. The average molecular weight is 286 g/mol. The van der Waals surface area contributed by atoms with Gasteiger partial charge in [0.25, 0.3) is 5.91 Å². The monoisotopic (exact) mass is 285 g/mol. The molecule has 1 atom stereocenters. The minimum atomic E-state index is -1.02. The van der Waals surface area contributed by atoms with Gasteiger partial charge in [0.05, 0.1) is 0 Å². The lowest BCUT2D eigenvalue weighted by Gasteiger charge is -2.23. The molecule has 104 valence electrons. The Morgan fingerprint density at radius 1 is 1.37 bits per heavy atom. The number of amides is 1. The number of halogens is 1. The van der Waals surface area contributed by atoms with E-state index >= 15 is 0 Å². The first kappa shape index (κ1) is 15.3. The maximum absolute atomic E-state index is 11.8. The van der Waals surface area contributed by atoms with Gasteiger partial charge in [-0.25, -0.2) is 4.79 Å². The van der Waals surface area contributed by atoms with Gasteiger partial charge in [-0.2, -0.15) is 0 Å². The molecule has 1 rings (SSSR count). The summed E-state index contributed by atoms with van der Waals surface area (Å²) in [6.45, 7) is 1.50. The Morgan fingerprint density at radius 3 is 2.42 bits per heavy atom. The van der Waals surface area contributed by atoms with Crippen LogP contribution < -0.4 is 4.74 Å². The third kappa shape index (κ3) is 4.44. The lowest BCUT2D eigenvalue weighted by Crippen LogP contribution is -2.44. The average Bonchev–Trinajstić information content (AvgIpc) is 2.38. The van der Waals surface area contributed by atoms with Crippen molar-refractivity contribution in [2.45, 2.75) is 19.4 Å². The minimum absolute atomic E-state index is 0.206. The molecule has 19 heavy (non-hydrogen) atoms. The Bertz CT molecular complexity index is 446. The van der Waals surface area contributed by atoms with Gasteiger partial charge in [0.1, 0.15) is 11.8 Å². The number of carbonyl (C=O) groups excluding carboxylic acids is 1. The summed E-state index contributed by atoms with van der Waals surface area (Å²) in [6.07, 6.45) is 0.346. The molecule has 6 heteroatoms. The number of likely N-dealkylation sites (N-methyl/N-ethyl adjacent to an activating group) is 1. The summed E-state index contributed by atoms with van der Waals surface area (Å²) >= 11 is 5.72. The molecule has 1 amide bonds. The van der Waals surface area contributed by atoms with Crippen LogP contribution in [-0.2, 0) is 9.59 Å². The fourth-order valence-corrected chi connectivity index (χ4v) is 1.69. The maximum atomic E-state index is 11.8. The minimum Gasteiger partial charge on any atom is -0.484 e. The fraction of sp³-hybridized carbons (Fsp3) is 0.385. The molecule has 0 bridgehead atoms. The third-order valence-electron chi connectivity index (χ3n) is 2.71. The summed E-state index contributed by atoms with van der Waals surface area (Å²) in [5.41, 5.74) is 0. The van der Waals surface area contributed by atoms with Crippen LogP contribution in [-0.4, -0.2) is 41.6 Å². The van der Waals surface area contributed by atoms with Gasteiger partial charge in [-0.3, -0.25) is 4.79 Å². The number of hydrogen-bond acceptors (Lipinski definition) is 3. The largest absolute Gasteiger partial charge is 0.484 e. The number of rotatable bonds is 6. The Hall–Kier alpha value is -1.75. The lowest BCUT2D eigenvalue weighted by molar-refractivity contribution is -0.149. The van der Waals surface area contributed by atoms with Gasteiger partial charge < -0.3 is 14.7 Å². The van der Waals surface area contributed by atoms with E-state index in [1.54, 1.807) is 31.2 Å². The van der Waals surface area contributed by atoms with Gasteiger partial charge in [-0.05, 0) is 30.7 Å². The van der Waals surface area contributed by atoms with E-state index in [9.17, 15) is 9.59 Å². The van der Waals surface area contributed by atoms with Gasteiger partial charge in [0.2, 0.25) is 0 Å². The predicted octanol–water partition coefficient (Wildman–Crippen LogP) is 2.04. The highest BCUT2D eigenvalue weighted by molar-refractivity contribution is 6.30. The predicted molar refractivity (Wildman–Crippen MR) is 71.4 cm³/mol. The van der Waals surface area contributed by atoms with Crippen molar-refractivity contribution in [2.75, 3.05) is 13.7 Å². The van der Waals surface area contributed by atoms with E-state index < -0.39 is 12.0 Å². The number of ether oxygens (including phenoxy) is 1. The van der Waals surface area contributed by atoms with Crippen LogP contribution in [0, 0.1) is 0 Å². The highest BCUT2D eigenvalue weighted by Gasteiger charge is 2.24. The molecule has 1 aromatic carbocycles. The quantitative estimate of drug-likeness (QED) is 0.868. The van der Waals surface area contributed by atoms with Crippen LogP contribution in [0.4, 0.5) is 0 Å². The Labute approximate surface area is 116 Å². The summed E-state index contributed by atoms with van der Waals surface area (Å²) in [4.78, 5) is 23.9. The Morgan fingerprint density at radius 2 is 1.95 bits per heavy atom. The second-order valence-corrected chi connectivity index (χ2v) is 4.45. The molecule has 5 nitrogen and oxygen atoms in total. The van der Waals surface area contributed by atoms with Gasteiger partial charge in [-0.15, -0.1) is 0 Å². The van der Waals surface area contributed by atoms with Gasteiger partial charge in [0.15, 0.2) is 6.61 Å². The zero-order chi connectivity index (χ0) is 14.4. The first-order valence-electron chi connectivity index (χ1n) is 5.82. The van der Waals surface area contributed by atoms with E-state index in [0.29, 0.717) is 17.2 Å². The van der Waals surface area contributed by atoms with Crippen molar-refractivity contribution in [1.29, 1.82) is 0 Å². The molecule has 0 heterocycles. The molecule has 0 fully saturated rings. The summed E-state index contributed by atoms with van der Waals surface area (Å²) < 4.78 is 5.28. The zero-order valence-electron chi connectivity index (χ0n) is 10.8. The van der Waals surface area contributed by atoms with E-state index in [1.807, 2.05) is 0 Å². The summed E-state index contributed by atoms with van der Waals surface area (Å²) in [7, 11) is 1.45. The molecule has 1 N–H and O–H groups in total. The smallest absolute Gasteiger partial charge is 0.326 e. The van der Waals surface area contributed by atoms with Crippen molar-refractivity contribution in [3.8, 4) is 5.75 Å².